The van der Waals surface area contributed by atoms with E-state index in [4.69, 9.17) is 11.6 Å². The summed E-state index contributed by atoms with van der Waals surface area (Å²) in [5.41, 5.74) is 1.13. The van der Waals surface area contributed by atoms with E-state index in [0.29, 0.717) is 4.75 Å². The van der Waals surface area contributed by atoms with Crippen LogP contribution in [0, 0.1) is 0 Å². The van der Waals surface area contributed by atoms with Gasteiger partial charge in [0.1, 0.15) is 0 Å². The molecule has 3 rings (SSSR count). The molecule has 1 fully saturated rings. The van der Waals surface area contributed by atoms with Crippen LogP contribution in [0.25, 0.3) is 0 Å². The van der Waals surface area contributed by atoms with Gasteiger partial charge < -0.3 is 5.32 Å². The molecule has 0 unspecified atom stereocenters. The van der Waals surface area contributed by atoms with Gasteiger partial charge >= 0.3 is 0 Å². The van der Waals surface area contributed by atoms with E-state index in [1.807, 2.05) is 23.9 Å². The lowest BCUT2D eigenvalue weighted by Crippen LogP contribution is -2.22. The Morgan fingerprint density at radius 3 is 3.00 bits per heavy atom. The van der Waals surface area contributed by atoms with Gasteiger partial charge in [-0.25, -0.2) is 0 Å². The van der Waals surface area contributed by atoms with Crippen LogP contribution in [0.15, 0.2) is 23.1 Å². The molecular weight excluding hydrogens is 202 g/mol. The summed E-state index contributed by atoms with van der Waals surface area (Å²) in [6, 6.07) is 6.12. The molecule has 0 aromatic heterocycles. The summed E-state index contributed by atoms with van der Waals surface area (Å²) in [5.74, 6) is 0. The third-order valence-corrected chi connectivity index (χ3v) is 4.56. The second kappa shape index (κ2) is 2.58. The number of thioether (sulfide) groups is 1. The largest absolute Gasteiger partial charge is 0.382 e. The molecule has 1 aromatic carbocycles. The van der Waals surface area contributed by atoms with E-state index < -0.39 is 0 Å². The van der Waals surface area contributed by atoms with Crippen molar-refractivity contribution in [1.29, 1.82) is 0 Å². The van der Waals surface area contributed by atoms with Gasteiger partial charge in [0.2, 0.25) is 0 Å². The van der Waals surface area contributed by atoms with Crippen LogP contribution in [0.2, 0.25) is 5.02 Å². The molecular formula is C10H10ClNS. The number of para-hydroxylation sites is 1. The molecule has 1 aromatic rings. The van der Waals surface area contributed by atoms with Gasteiger partial charge in [0.05, 0.1) is 10.7 Å². The summed E-state index contributed by atoms with van der Waals surface area (Å²) < 4.78 is 0.512. The van der Waals surface area contributed by atoms with Crippen LogP contribution < -0.4 is 5.32 Å². The SMILES string of the molecule is Clc1cccc2c1NCC1(CC1)S2. The summed E-state index contributed by atoms with van der Waals surface area (Å²) in [6.07, 6.45) is 2.69. The van der Waals surface area contributed by atoms with Crippen LogP contribution in [0.4, 0.5) is 5.69 Å². The quantitative estimate of drug-likeness (QED) is 0.706. The molecule has 1 heterocycles. The van der Waals surface area contributed by atoms with Crippen molar-refractivity contribution in [3.8, 4) is 0 Å². The summed E-state index contributed by atoms with van der Waals surface area (Å²) in [4.78, 5) is 1.32. The minimum absolute atomic E-state index is 0.512. The number of rotatable bonds is 0. The highest BCUT2D eigenvalue weighted by atomic mass is 35.5. The number of nitrogens with one attached hydrogen (secondary N) is 1. The Kier molecular flexibility index (Phi) is 1.59. The fourth-order valence-corrected chi connectivity index (χ4v) is 3.34. The van der Waals surface area contributed by atoms with Crippen LogP contribution in [0.3, 0.4) is 0 Å². The molecule has 2 aliphatic rings. The maximum Gasteiger partial charge on any atom is 0.0668 e. The summed E-state index contributed by atoms with van der Waals surface area (Å²) in [7, 11) is 0. The van der Waals surface area contributed by atoms with Crippen molar-refractivity contribution < 1.29 is 0 Å². The van der Waals surface area contributed by atoms with Gasteiger partial charge in [-0.1, -0.05) is 17.7 Å². The molecule has 1 aliphatic heterocycles. The minimum Gasteiger partial charge on any atom is -0.382 e. The molecule has 1 saturated carbocycles. The number of hydrogen-bond donors (Lipinski definition) is 1. The zero-order valence-corrected chi connectivity index (χ0v) is 8.71. The van der Waals surface area contributed by atoms with Crippen molar-refractivity contribution >= 4 is 29.1 Å². The third kappa shape index (κ3) is 1.24. The molecule has 1 aliphatic carbocycles. The summed E-state index contributed by atoms with van der Waals surface area (Å²) >= 11 is 8.07. The summed E-state index contributed by atoms with van der Waals surface area (Å²) in [6.45, 7) is 1.08. The predicted octanol–water partition coefficient (Wildman–Crippen LogP) is 3.39. The second-order valence-corrected chi connectivity index (χ2v) is 5.67. The van der Waals surface area contributed by atoms with E-state index in [1.165, 1.54) is 17.7 Å². The Hall–Kier alpha value is -0.340. The third-order valence-electron chi connectivity index (χ3n) is 2.70. The molecule has 0 radical (unpaired) electrons. The van der Waals surface area contributed by atoms with Crippen LogP contribution in [-0.2, 0) is 0 Å². The van der Waals surface area contributed by atoms with E-state index >= 15 is 0 Å². The fourth-order valence-electron chi connectivity index (χ4n) is 1.70. The molecule has 3 heteroatoms. The zero-order chi connectivity index (χ0) is 8.89. The normalized spacial score (nSPS) is 22.2. The maximum atomic E-state index is 6.08. The Balaban J connectivity index is 2.05. The summed E-state index contributed by atoms with van der Waals surface area (Å²) in [5, 5.41) is 4.28. The van der Waals surface area contributed by atoms with Crippen LogP contribution >= 0.6 is 23.4 Å². The molecule has 1 N–H and O–H groups in total. The molecule has 1 nitrogen and oxygen atoms in total. The molecule has 0 bridgehead atoms. The monoisotopic (exact) mass is 211 g/mol. The van der Waals surface area contributed by atoms with Crippen LogP contribution in [0.5, 0.6) is 0 Å². The van der Waals surface area contributed by atoms with Crippen molar-refractivity contribution in [3.63, 3.8) is 0 Å². The highest BCUT2D eigenvalue weighted by Crippen LogP contribution is 2.56. The van der Waals surface area contributed by atoms with Gasteiger partial charge in [-0.2, -0.15) is 0 Å². The zero-order valence-electron chi connectivity index (χ0n) is 7.14. The lowest BCUT2D eigenvalue weighted by Gasteiger charge is -2.25. The van der Waals surface area contributed by atoms with E-state index in [-0.39, 0.29) is 0 Å². The van der Waals surface area contributed by atoms with Crippen molar-refractivity contribution in [2.24, 2.45) is 0 Å². The smallest absolute Gasteiger partial charge is 0.0668 e. The second-order valence-electron chi connectivity index (χ2n) is 3.75. The van der Waals surface area contributed by atoms with Crippen LogP contribution in [-0.4, -0.2) is 11.3 Å². The van der Waals surface area contributed by atoms with E-state index in [0.717, 1.165) is 17.3 Å². The van der Waals surface area contributed by atoms with E-state index in [2.05, 4.69) is 11.4 Å². The molecule has 13 heavy (non-hydrogen) atoms. The predicted molar refractivity (Wildman–Crippen MR) is 57.8 cm³/mol. The molecule has 0 atom stereocenters. The van der Waals surface area contributed by atoms with Gasteiger partial charge in [0, 0.05) is 16.2 Å². The van der Waals surface area contributed by atoms with Gasteiger partial charge in [-0.3, -0.25) is 0 Å². The molecule has 0 amide bonds. The molecule has 1 spiro atoms. The first kappa shape index (κ1) is 8.01. The highest BCUT2D eigenvalue weighted by Gasteiger charge is 2.46. The number of fused-ring (bicyclic) bond motifs is 1. The molecule has 68 valence electrons. The topological polar surface area (TPSA) is 12.0 Å². The average molecular weight is 212 g/mol. The minimum atomic E-state index is 0.512. The standard InChI is InChI=1S/C10H10ClNS/c11-7-2-1-3-8-9(7)12-6-10(13-8)4-5-10/h1-3,12H,4-6H2. The van der Waals surface area contributed by atoms with Gasteiger partial charge in [0.15, 0.2) is 0 Å². The molecule has 0 saturated heterocycles. The van der Waals surface area contributed by atoms with Crippen LogP contribution in [0.1, 0.15) is 12.8 Å². The Morgan fingerprint density at radius 2 is 2.23 bits per heavy atom. The van der Waals surface area contributed by atoms with Gasteiger partial charge in [-0.15, -0.1) is 11.8 Å². The number of benzene rings is 1. The first-order chi connectivity index (χ1) is 6.29. The van der Waals surface area contributed by atoms with Gasteiger partial charge in [-0.05, 0) is 25.0 Å². The van der Waals surface area contributed by atoms with Crippen molar-refractivity contribution in [2.75, 3.05) is 11.9 Å². The van der Waals surface area contributed by atoms with Crippen molar-refractivity contribution in [3.05, 3.63) is 23.2 Å². The van der Waals surface area contributed by atoms with Crippen molar-refractivity contribution in [1.82, 2.24) is 0 Å². The number of halogens is 1. The number of hydrogen-bond acceptors (Lipinski definition) is 2. The van der Waals surface area contributed by atoms with Gasteiger partial charge in [0.25, 0.3) is 0 Å². The maximum absolute atomic E-state index is 6.08. The lowest BCUT2D eigenvalue weighted by molar-refractivity contribution is 0.923. The average Bonchev–Trinajstić information content (AvgIpc) is 2.85. The Labute approximate surface area is 86.9 Å². The Bertz CT molecular complexity index is 360. The first-order valence-corrected chi connectivity index (χ1v) is 5.70. The van der Waals surface area contributed by atoms with E-state index in [1.54, 1.807) is 0 Å². The fraction of sp³-hybridized carbons (Fsp3) is 0.400. The lowest BCUT2D eigenvalue weighted by atomic mass is 10.3. The Morgan fingerprint density at radius 1 is 1.38 bits per heavy atom. The first-order valence-electron chi connectivity index (χ1n) is 4.51. The number of anilines is 1. The highest BCUT2D eigenvalue weighted by molar-refractivity contribution is 8.01. The van der Waals surface area contributed by atoms with E-state index in [9.17, 15) is 0 Å². The van der Waals surface area contributed by atoms with Crippen molar-refractivity contribution in [2.45, 2.75) is 22.5 Å².